The number of non-ortho nitro benzene ring substituents is 1. The van der Waals surface area contributed by atoms with Crippen molar-refractivity contribution >= 4 is 23.0 Å². The van der Waals surface area contributed by atoms with Crippen molar-refractivity contribution in [3.05, 3.63) is 87.7 Å². The van der Waals surface area contributed by atoms with E-state index in [4.69, 9.17) is 0 Å². The molecule has 164 valence electrons. The number of hydrogen-bond acceptors (Lipinski definition) is 4. The Morgan fingerprint density at radius 2 is 1.88 bits per heavy atom. The van der Waals surface area contributed by atoms with Gasteiger partial charge < -0.3 is 10.6 Å². The number of fused-ring (bicyclic) bond motifs is 1. The lowest BCUT2D eigenvalue weighted by Crippen LogP contribution is -2.32. The van der Waals surface area contributed by atoms with Gasteiger partial charge in [-0.25, -0.2) is 4.39 Å². The van der Waals surface area contributed by atoms with Crippen molar-refractivity contribution in [3.8, 4) is 11.1 Å². The van der Waals surface area contributed by atoms with Gasteiger partial charge in [-0.2, -0.15) is 13.2 Å². The molecule has 0 saturated heterocycles. The van der Waals surface area contributed by atoms with E-state index in [0.29, 0.717) is 18.2 Å². The second-order valence-electron chi connectivity index (χ2n) is 7.26. The topological polar surface area (TPSA) is 84.3 Å². The molecule has 0 fully saturated rings. The van der Waals surface area contributed by atoms with Crippen molar-refractivity contribution in [2.24, 2.45) is 0 Å². The molecule has 0 spiro atoms. The molecule has 6 nitrogen and oxygen atoms in total. The van der Waals surface area contributed by atoms with Crippen LogP contribution in [0.3, 0.4) is 0 Å². The fourth-order valence-corrected chi connectivity index (χ4v) is 3.60. The van der Waals surface area contributed by atoms with Crippen LogP contribution in [0.15, 0.2) is 60.7 Å². The molecule has 1 aliphatic rings. The maximum atomic E-state index is 13.4. The Bertz CT molecular complexity index is 1230. The van der Waals surface area contributed by atoms with Gasteiger partial charge in [-0.05, 0) is 41.0 Å². The normalized spacial score (nSPS) is 15.1. The number of alkyl halides is 3. The molecule has 1 atom stereocenters. The van der Waals surface area contributed by atoms with E-state index in [2.05, 4.69) is 10.6 Å². The number of carbonyl (C=O) groups excluding carboxylic acids is 1. The Hall–Kier alpha value is -3.95. The lowest BCUT2D eigenvalue weighted by Gasteiger charge is -2.15. The van der Waals surface area contributed by atoms with Crippen LogP contribution in [0.4, 0.5) is 34.6 Å². The molecule has 3 aromatic carbocycles. The first-order valence-electron chi connectivity index (χ1n) is 9.44. The number of anilines is 2. The van der Waals surface area contributed by atoms with Gasteiger partial charge in [-0.3, -0.25) is 14.9 Å². The first-order valence-corrected chi connectivity index (χ1v) is 9.44. The summed E-state index contributed by atoms with van der Waals surface area (Å²) in [6, 6.07) is 11.8. The van der Waals surface area contributed by atoms with Crippen molar-refractivity contribution in [1.82, 2.24) is 0 Å². The predicted molar refractivity (Wildman–Crippen MR) is 110 cm³/mol. The average Bonchev–Trinajstić information content (AvgIpc) is 3.17. The fraction of sp³-hybridized carbons (Fsp3) is 0.136. The van der Waals surface area contributed by atoms with E-state index >= 15 is 0 Å². The molecule has 0 radical (unpaired) electrons. The minimum atomic E-state index is -4.75. The Balaban J connectivity index is 1.54. The average molecular weight is 445 g/mol. The van der Waals surface area contributed by atoms with Gasteiger partial charge in [0.15, 0.2) is 0 Å². The van der Waals surface area contributed by atoms with Gasteiger partial charge >= 0.3 is 6.18 Å². The van der Waals surface area contributed by atoms with Crippen molar-refractivity contribution in [1.29, 1.82) is 0 Å². The molecule has 0 aliphatic carbocycles. The Morgan fingerprint density at radius 3 is 2.59 bits per heavy atom. The second kappa shape index (κ2) is 7.95. The Morgan fingerprint density at radius 1 is 1.09 bits per heavy atom. The molecule has 1 aliphatic heterocycles. The number of halogens is 4. The van der Waals surface area contributed by atoms with Crippen LogP contribution >= 0.6 is 0 Å². The zero-order valence-corrected chi connectivity index (χ0v) is 16.2. The van der Waals surface area contributed by atoms with Crippen molar-refractivity contribution in [2.75, 3.05) is 10.6 Å². The molecule has 2 N–H and O–H groups in total. The van der Waals surface area contributed by atoms with Crippen LogP contribution in [0.25, 0.3) is 11.1 Å². The number of nitro benzene ring substituents is 1. The SMILES string of the molecule is O=C(Nc1cccc(-c2ccc(F)cc2C(F)(F)F)c1)C1Cc2ccc([N+](=O)[O-])cc2N1. The number of benzene rings is 3. The van der Waals surface area contributed by atoms with E-state index in [1.54, 1.807) is 6.07 Å². The molecule has 4 rings (SSSR count). The van der Waals surface area contributed by atoms with E-state index in [0.717, 1.165) is 17.7 Å². The molecule has 0 aromatic heterocycles. The van der Waals surface area contributed by atoms with Gasteiger partial charge in [0.05, 0.1) is 10.5 Å². The molecule has 32 heavy (non-hydrogen) atoms. The van der Waals surface area contributed by atoms with Crippen LogP contribution in [-0.4, -0.2) is 16.9 Å². The van der Waals surface area contributed by atoms with Gasteiger partial charge in [0.2, 0.25) is 5.91 Å². The van der Waals surface area contributed by atoms with Gasteiger partial charge in [0, 0.05) is 29.9 Å². The first-order chi connectivity index (χ1) is 15.1. The number of carbonyl (C=O) groups is 1. The van der Waals surface area contributed by atoms with E-state index in [1.807, 2.05) is 0 Å². The van der Waals surface area contributed by atoms with Gasteiger partial charge in [0.1, 0.15) is 11.9 Å². The maximum absolute atomic E-state index is 13.4. The van der Waals surface area contributed by atoms with Crippen LogP contribution in [-0.2, 0) is 17.4 Å². The third-order valence-electron chi connectivity index (χ3n) is 5.10. The quantitative estimate of drug-likeness (QED) is 0.320. The second-order valence-corrected chi connectivity index (χ2v) is 7.26. The number of hydrogen-bond donors (Lipinski definition) is 2. The molecule has 10 heteroatoms. The van der Waals surface area contributed by atoms with Crippen LogP contribution in [0.5, 0.6) is 0 Å². The molecule has 3 aromatic rings. The molecule has 0 bridgehead atoms. The summed E-state index contributed by atoms with van der Waals surface area (Å²) < 4.78 is 53.4. The van der Waals surface area contributed by atoms with Gasteiger partial charge in [0.25, 0.3) is 5.69 Å². The summed E-state index contributed by atoms with van der Waals surface area (Å²) in [5.74, 6) is -1.45. The van der Waals surface area contributed by atoms with E-state index in [1.165, 1.54) is 36.4 Å². The van der Waals surface area contributed by atoms with Gasteiger partial charge in [-0.1, -0.05) is 24.3 Å². The van der Waals surface area contributed by atoms with Crippen LogP contribution in [0, 0.1) is 15.9 Å². The zero-order valence-electron chi connectivity index (χ0n) is 16.2. The molecular formula is C22H15F4N3O3. The summed E-state index contributed by atoms with van der Waals surface area (Å²) in [7, 11) is 0. The Kier molecular flexibility index (Phi) is 5.29. The summed E-state index contributed by atoms with van der Waals surface area (Å²) in [6.07, 6.45) is -4.45. The minimum absolute atomic E-state index is 0.107. The van der Waals surface area contributed by atoms with Crippen LogP contribution in [0.2, 0.25) is 0 Å². The predicted octanol–water partition coefficient (Wildman–Crippen LogP) is 5.40. The molecule has 1 amide bonds. The number of nitrogens with zero attached hydrogens (tertiary/aromatic N) is 1. The molecular weight excluding hydrogens is 430 g/mol. The standard InChI is InChI=1S/C22H15F4N3O3/c23-14-5-7-17(18(10-14)22(24,25)26)12-2-1-3-15(8-12)27-21(30)20-9-13-4-6-16(29(31)32)11-19(13)28-20/h1-8,10-11,20,28H,9H2,(H,27,30). The third-order valence-corrected chi connectivity index (χ3v) is 5.10. The summed E-state index contributed by atoms with van der Waals surface area (Å²) in [5.41, 5.74) is 0.205. The number of amides is 1. The smallest absolute Gasteiger partial charge is 0.373 e. The fourth-order valence-electron chi connectivity index (χ4n) is 3.60. The van der Waals surface area contributed by atoms with Gasteiger partial charge in [-0.15, -0.1) is 0 Å². The summed E-state index contributed by atoms with van der Waals surface area (Å²) in [4.78, 5) is 23.1. The lowest BCUT2D eigenvalue weighted by molar-refractivity contribution is -0.384. The molecule has 1 heterocycles. The number of rotatable bonds is 4. The first kappa shape index (κ1) is 21.3. The highest BCUT2D eigenvalue weighted by molar-refractivity contribution is 5.98. The van der Waals surface area contributed by atoms with Crippen molar-refractivity contribution in [3.63, 3.8) is 0 Å². The third kappa shape index (κ3) is 4.25. The number of nitrogens with one attached hydrogen (secondary N) is 2. The summed E-state index contributed by atoms with van der Waals surface area (Å²) >= 11 is 0. The minimum Gasteiger partial charge on any atom is -0.373 e. The van der Waals surface area contributed by atoms with E-state index < -0.39 is 34.4 Å². The maximum Gasteiger partial charge on any atom is 0.417 e. The van der Waals surface area contributed by atoms with Crippen molar-refractivity contribution in [2.45, 2.75) is 18.6 Å². The van der Waals surface area contributed by atoms with Crippen LogP contribution < -0.4 is 10.6 Å². The Labute approximate surface area is 179 Å². The van der Waals surface area contributed by atoms with Crippen molar-refractivity contribution < 1.29 is 27.3 Å². The molecule has 1 unspecified atom stereocenters. The molecule has 0 saturated carbocycles. The van der Waals surface area contributed by atoms with E-state index in [9.17, 15) is 32.5 Å². The monoisotopic (exact) mass is 445 g/mol. The highest BCUT2D eigenvalue weighted by atomic mass is 19.4. The highest BCUT2D eigenvalue weighted by Crippen LogP contribution is 2.38. The zero-order chi connectivity index (χ0) is 23.0. The van der Waals surface area contributed by atoms with Crippen LogP contribution in [0.1, 0.15) is 11.1 Å². The summed E-state index contributed by atoms with van der Waals surface area (Å²) in [6.45, 7) is 0. The number of nitro groups is 1. The lowest BCUT2D eigenvalue weighted by atomic mass is 9.98. The van der Waals surface area contributed by atoms with E-state index in [-0.39, 0.29) is 22.5 Å². The summed E-state index contributed by atoms with van der Waals surface area (Å²) in [5, 5.41) is 16.5. The largest absolute Gasteiger partial charge is 0.417 e. The highest BCUT2D eigenvalue weighted by Gasteiger charge is 2.34.